The van der Waals surface area contributed by atoms with Crippen molar-refractivity contribution in [1.29, 1.82) is 0 Å². The van der Waals surface area contributed by atoms with Crippen molar-refractivity contribution >= 4 is 11.9 Å². The fourth-order valence-corrected chi connectivity index (χ4v) is 2.86. The number of likely N-dealkylation sites (N-methyl/N-ethyl adjacent to an activating group) is 1. The van der Waals surface area contributed by atoms with Gasteiger partial charge in [-0.25, -0.2) is 9.38 Å². The summed E-state index contributed by atoms with van der Waals surface area (Å²) in [5, 5.41) is 6.75. The first-order valence-electron chi connectivity index (χ1n) is 9.04. The van der Waals surface area contributed by atoms with Crippen LogP contribution >= 0.6 is 0 Å². The van der Waals surface area contributed by atoms with Crippen molar-refractivity contribution in [3.63, 3.8) is 0 Å². The van der Waals surface area contributed by atoms with Gasteiger partial charge in [0.2, 0.25) is 5.91 Å². The van der Waals surface area contributed by atoms with Crippen LogP contribution in [0, 0.1) is 5.82 Å². The summed E-state index contributed by atoms with van der Waals surface area (Å²) < 4.78 is 13.0. The lowest BCUT2D eigenvalue weighted by Gasteiger charge is -2.25. The van der Waals surface area contributed by atoms with Crippen LogP contribution in [0.2, 0.25) is 0 Å². The minimum atomic E-state index is -0.222. The van der Waals surface area contributed by atoms with Gasteiger partial charge in [0.1, 0.15) is 12.4 Å². The van der Waals surface area contributed by atoms with Gasteiger partial charge in [-0.1, -0.05) is 31.4 Å². The minimum Gasteiger partial charge on any atom is -0.356 e. The van der Waals surface area contributed by atoms with Crippen molar-refractivity contribution in [3.05, 3.63) is 35.6 Å². The Bertz CT molecular complexity index is 565. The SMILES string of the molecule is CN(C)C(=O)CN=C(NCCc1ccc(F)cc1)NC1CCCCC1. The second-order valence-electron chi connectivity index (χ2n) is 6.74. The van der Waals surface area contributed by atoms with E-state index >= 15 is 0 Å². The molecular formula is C19H29FN4O. The third kappa shape index (κ3) is 7.11. The van der Waals surface area contributed by atoms with Gasteiger partial charge in [0.05, 0.1) is 0 Å². The topological polar surface area (TPSA) is 56.7 Å². The van der Waals surface area contributed by atoms with E-state index in [2.05, 4.69) is 15.6 Å². The van der Waals surface area contributed by atoms with Gasteiger partial charge in [0, 0.05) is 26.7 Å². The Hall–Kier alpha value is -2.11. The van der Waals surface area contributed by atoms with E-state index in [9.17, 15) is 9.18 Å². The summed E-state index contributed by atoms with van der Waals surface area (Å²) in [5.41, 5.74) is 1.07. The molecule has 1 aromatic rings. The number of nitrogens with one attached hydrogen (secondary N) is 2. The van der Waals surface area contributed by atoms with Crippen LogP contribution in [0.4, 0.5) is 4.39 Å². The third-order valence-electron chi connectivity index (χ3n) is 4.44. The van der Waals surface area contributed by atoms with Crippen molar-refractivity contribution in [3.8, 4) is 0 Å². The van der Waals surface area contributed by atoms with E-state index in [1.807, 2.05) is 0 Å². The van der Waals surface area contributed by atoms with Gasteiger partial charge in [0.15, 0.2) is 5.96 Å². The maximum atomic E-state index is 13.0. The number of carbonyl (C=O) groups is 1. The number of nitrogens with zero attached hydrogens (tertiary/aromatic N) is 2. The van der Waals surface area contributed by atoms with Crippen LogP contribution in [0.5, 0.6) is 0 Å². The first kappa shape index (κ1) is 19.2. The summed E-state index contributed by atoms with van der Waals surface area (Å²) in [6.07, 6.45) is 6.81. The number of benzene rings is 1. The molecule has 0 bridgehead atoms. The first-order chi connectivity index (χ1) is 12.0. The number of hydrogen-bond acceptors (Lipinski definition) is 2. The molecule has 0 unspecified atom stereocenters. The molecule has 2 rings (SSSR count). The number of hydrogen-bond donors (Lipinski definition) is 2. The van der Waals surface area contributed by atoms with Gasteiger partial charge in [-0.3, -0.25) is 4.79 Å². The molecule has 1 aliphatic carbocycles. The Morgan fingerprint density at radius 2 is 1.88 bits per heavy atom. The standard InChI is InChI=1S/C19H29FN4O/c1-24(2)18(25)14-22-19(23-17-6-4-3-5-7-17)21-13-12-15-8-10-16(20)11-9-15/h8-11,17H,3-7,12-14H2,1-2H3,(H2,21,22,23). The summed E-state index contributed by atoms with van der Waals surface area (Å²) in [6, 6.07) is 6.94. The molecule has 5 nitrogen and oxygen atoms in total. The van der Waals surface area contributed by atoms with Gasteiger partial charge >= 0.3 is 0 Å². The third-order valence-corrected chi connectivity index (χ3v) is 4.44. The molecule has 0 aliphatic heterocycles. The van der Waals surface area contributed by atoms with Crippen molar-refractivity contribution < 1.29 is 9.18 Å². The fourth-order valence-electron chi connectivity index (χ4n) is 2.86. The summed E-state index contributed by atoms with van der Waals surface area (Å²) in [5.74, 6) is 0.438. The largest absolute Gasteiger partial charge is 0.356 e. The molecule has 25 heavy (non-hydrogen) atoms. The molecule has 2 N–H and O–H groups in total. The predicted molar refractivity (Wildman–Crippen MR) is 99.1 cm³/mol. The molecule has 0 radical (unpaired) electrons. The monoisotopic (exact) mass is 348 g/mol. The van der Waals surface area contributed by atoms with Gasteiger partial charge in [0.25, 0.3) is 0 Å². The molecule has 1 aliphatic rings. The molecule has 0 spiro atoms. The van der Waals surface area contributed by atoms with E-state index in [-0.39, 0.29) is 18.3 Å². The maximum absolute atomic E-state index is 13.0. The number of aliphatic imine (C=N–C) groups is 1. The zero-order chi connectivity index (χ0) is 18.1. The molecule has 1 saturated carbocycles. The minimum absolute atomic E-state index is 0.0247. The van der Waals surface area contributed by atoms with Crippen molar-refractivity contribution in [2.75, 3.05) is 27.2 Å². The van der Waals surface area contributed by atoms with E-state index in [1.54, 1.807) is 31.1 Å². The van der Waals surface area contributed by atoms with Crippen LogP contribution in [-0.4, -0.2) is 50.0 Å². The van der Waals surface area contributed by atoms with Crippen molar-refractivity contribution in [2.45, 2.75) is 44.6 Å². The Labute approximate surface area is 149 Å². The Morgan fingerprint density at radius 3 is 2.52 bits per heavy atom. The number of halogens is 1. The van der Waals surface area contributed by atoms with E-state index in [0.717, 1.165) is 24.8 Å². The van der Waals surface area contributed by atoms with E-state index in [1.165, 1.54) is 31.4 Å². The average molecular weight is 348 g/mol. The Morgan fingerprint density at radius 1 is 1.20 bits per heavy atom. The van der Waals surface area contributed by atoms with Gasteiger partial charge in [-0.05, 0) is 37.0 Å². The molecular weight excluding hydrogens is 319 g/mol. The predicted octanol–water partition coefficient (Wildman–Crippen LogP) is 2.32. The van der Waals surface area contributed by atoms with Crippen LogP contribution in [0.25, 0.3) is 0 Å². The summed E-state index contributed by atoms with van der Waals surface area (Å²) in [7, 11) is 3.46. The molecule has 0 atom stereocenters. The lowest BCUT2D eigenvalue weighted by Crippen LogP contribution is -2.45. The molecule has 0 aromatic heterocycles. The zero-order valence-electron chi connectivity index (χ0n) is 15.2. The second kappa shape index (κ2) is 10.0. The van der Waals surface area contributed by atoms with Crippen LogP contribution in [0.15, 0.2) is 29.3 Å². The van der Waals surface area contributed by atoms with Crippen LogP contribution in [0.1, 0.15) is 37.7 Å². The highest BCUT2D eigenvalue weighted by atomic mass is 19.1. The number of rotatable bonds is 6. The zero-order valence-corrected chi connectivity index (χ0v) is 15.2. The summed E-state index contributed by atoms with van der Waals surface area (Å²) >= 11 is 0. The maximum Gasteiger partial charge on any atom is 0.243 e. The van der Waals surface area contributed by atoms with Crippen LogP contribution in [-0.2, 0) is 11.2 Å². The normalized spacial score (nSPS) is 15.7. The number of guanidine groups is 1. The molecule has 1 amide bonds. The highest BCUT2D eigenvalue weighted by Gasteiger charge is 2.15. The first-order valence-corrected chi connectivity index (χ1v) is 9.04. The molecule has 6 heteroatoms. The van der Waals surface area contributed by atoms with Crippen LogP contribution in [0.3, 0.4) is 0 Å². The number of amides is 1. The van der Waals surface area contributed by atoms with Gasteiger partial charge in [-0.2, -0.15) is 0 Å². The molecule has 0 saturated heterocycles. The average Bonchev–Trinajstić information content (AvgIpc) is 2.61. The van der Waals surface area contributed by atoms with Gasteiger partial charge in [-0.15, -0.1) is 0 Å². The number of carbonyl (C=O) groups excluding carboxylic acids is 1. The molecule has 0 heterocycles. The van der Waals surface area contributed by atoms with E-state index < -0.39 is 0 Å². The quantitative estimate of drug-likeness (QED) is 0.613. The second-order valence-corrected chi connectivity index (χ2v) is 6.74. The highest BCUT2D eigenvalue weighted by molar-refractivity contribution is 5.84. The van der Waals surface area contributed by atoms with Crippen LogP contribution < -0.4 is 10.6 Å². The highest BCUT2D eigenvalue weighted by Crippen LogP contribution is 2.17. The Balaban J connectivity index is 1.88. The van der Waals surface area contributed by atoms with Crippen molar-refractivity contribution in [2.24, 2.45) is 4.99 Å². The molecule has 138 valence electrons. The summed E-state index contributed by atoms with van der Waals surface area (Å²) in [6.45, 7) is 0.811. The fraction of sp³-hybridized carbons (Fsp3) is 0.579. The molecule has 1 fully saturated rings. The van der Waals surface area contributed by atoms with Crippen molar-refractivity contribution in [1.82, 2.24) is 15.5 Å². The molecule has 1 aromatic carbocycles. The lowest BCUT2D eigenvalue weighted by molar-refractivity contribution is -0.127. The van der Waals surface area contributed by atoms with Gasteiger partial charge < -0.3 is 15.5 Å². The lowest BCUT2D eigenvalue weighted by atomic mass is 9.96. The smallest absolute Gasteiger partial charge is 0.243 e. The summed E-state index contributed by atoms with van der Waals surface area (Å²) in [4.78, 5) is 17.8. The van der Waals surface area contributed by atoms with E-state index in [4.69, 9.17) is 0 Å². The Kier molecular flexibility index (Phi) is 7.70. The van der Waals surface area contributed by atoms with E-state index in [0.29, 0.717) is 18.5 Å².